The molecule has 0 saturated carbocycles. The fraction of sp³-hybridized carbons (Fsp3) is 0.333. The topological polar surface area (TPSA) is 0 Å². The maximum absolute atomic E-state index is 11.0. The van der Waals surface area contributed by atoms with Crippen LogP contribution in [-0.4, -0.2) is 6.18 Å². The second-order valence-electron chi connectivity index (χ2n) is 1.07. The van der Waals surface area contributed by atoms with Gasteiger partial charge in [0.2, 0.25) is 0 Å². The van der Waals surface area contributed by atoms with Gasteiger partial charge in [-0.2, -0.15) is 26.3 Å². The molecule has 10 heteroatoms. The van der Waals surface area contributed by atoms with E-state index < -0.39 is 18.1 Å². The van der Waals surface area contributed by atoms with Crippen molar-refractivity contribution in [3.8, 4) is 0 Å². The zero-order valence-corrected chi connectivity index (χ0v) is 5.40. The highest BCUT2D eigenvalue weighted by Crippen LogP contribution is 2.29. The molecule has 0 amide bonds. The van der Waals surface area contributed by atoms with Gasteiger partial charge in [0.25, 0.3) is 5.83 Å². The fourth-order valence-electron chi connectivity index (χ4n) is 0.107. The lowest BCUT2D eigenvalue weighted by Crippen LogP contribution is -2.08. The summed E-state index contributed by atoms with van der Waals surface area (Å²) < 4.78 is 64.8. The Hall–Kier alpha value is -0.960. The average Bonchev–Trinajstić information content (AvgIpc) is 1.62. The van der Waals surface area contributed by atoms with Crippen LogP contribution < -0.4 is 0 Å². The van der Waals surface area contributed by atoms with Crippen molar-refractivity contribution in [2.75, 3.05) is 0 Å². The summed E-state index contributed by atoms with van der Waals surface area (Å²) in [5, 5.41) is 0. The standard InChI is InChI=1S/C3F6.4FH/c4-1(2(5)6)3(7,8)9;;;;/h;4*1H. The Bertz CT molecular complexity index is 128. The molecular weight excluding hydrogens is 226 g/mol. The van der Waals surface area contributed by atoms with Crippen LogP contribution in [0, 0.1) is 0 Å². The first-order valence-electron chi connectivity index (χ1n) is 1.63. The molecule has 0 fully saturated rings. The maximum atomic E-state index is 11.0. The lowest BCUT2D eigenvalue weighted by molar-refractivity contribution is -0.113. The predicted molar refractivity (Wildman–Crippen MR) is 26.4 cm³/mol. The van der Waals surface area contributed by atoms with Crippen molar-refractivity contribution in [2.24, 2.45) is 0 Å². The maximum Gasteiger partial charge on any atom is 0.448 e. The van der Waals surface area contributed by atoms with Crippen molar-refractivity contribution in [3.05, 3.63) is 11.9 Å². The Kier molecular flexibility index (Phi) is 20.8. The van der Waals surface area contributed by atoms with Crippen molar-refractivity contribution in [1.82, 2.24) is 0 Å². The summed E-state index contributed by atoms with van der Waals surface area (Å²) in [6, 6.07) is 0. The van der Waals surface area contributed by atoms with Crippen molar-refractivity contribution >= 4 is 0 Å². The number of halogens is 10. The summed E-state index contributed by atoms with van der Waals surface area (Å²) in [6.45, 7) is 0. The first kappa shape index (κ1) is 29.6. The molecule has 0 unspecified atom stereocenters. The molecule has 0 atom stereocenters. The van der Waals surface area contributed by atoms with Gasteiger partial charge in [0.1, 0.15) is 0 Å². The number of rotatable bonds is 0. The van der Waals surface area contributed by atoms with Crippen molar-refractivity contribution in [1.29, 1.82) is 0 Å². The van der Waals surface area contributed by atoms with Crippen LogP contribution in [0.5, 0.6) is 0 Å². The Morgan fingerprint density at radius 1 is 0.692 bits per heavy atom. The van der Waals surface area contributed by atoms with Crippen molar-refractivity contribution in [3.63, 3.8) is 0 Å². The molecule has 0 heterocycles. The molecule has 0 radical (unpaired) electrons. The molecule has 0 rings (SSSR count). The van der Waals surface area contributed by atoms with Crippen LogP contribution in [0.25, 0.3) is 0 Å². The Morgan fingerprint density at radius 2 is 0.923 bits per heavy atom. The largest absolute Gasteiger partial charge is 0.448 e. The number of alkyl halides is 3. The van der Waals surface area contributed by atoms with E-state index in [2.05, 4.69) is 0 Å². The SMILES string of the molecule is F.F.F.F.FC(F)=C(F)C(F)(F)F. The zero-order chi connectivity index (χ0) is 7.65. The van der Waals surface area contributed by atoms with E-state index in [0.29, 0.717) is 0 Å². The van der Waals surface area contributed by atoms with E-state index in [1.807, 2.05) is 0 Å². The molecule has 0 aromatic rings. The van der Waals surface area contributed by atoms with E-state index in [0.717, 1.165) is 0 Å². The third-order valence-electron chi connectivity index (χ3n) is 0.415. The van der Waals surface area contributed by atoms with Crippen molar-refractivity contribution in [2.45, 2.75) is 6.18 Å². The van der Waals surface area contributed by atoms with E-state index in [9.17, 15) is 26.3 Å². The second-order valence-corrected chi connectivity index (χ2v) is 1.07. The molecule has 0 aromatic heterocycles. The molecule has 0 nitrogen and oxygen atoms in total. The Morgan fingerprint density at radius 3 is 0.923 bits per heavy atom. The molecule has 0 aliphatic heterocycles. The Balaban J connectivity index is -0.0000000533. The number of hydrogen-bond acceptors (Lipinski definition) is 0. The highest BCUT2D eigenvalue weighted by atomic mass is 19.4. The first-order valence-corrected chi connectivity index (χ1v) is 1.63. The normalized spacial score (nSPS) is 7.85. The lowest BCUT2D eigenvalue weighted by Gasteiger charge is -1.98. The number of allylic oxidation sites excluding steroid dienone is 1. The monoisotopic (exact) mass is 230 g/mol. The van der Waals surface area contributed by atoms with Gasteiger partial charge in [0.05, 0.1) is 0 Å². The van der Waals surface area contributed by atoms with E-state index in [1.54, 1.807) is 0 Å². The van der Waals surface area contributed by atoms with Crippen LogP contribution in [-0.2, 0) is 0 Å². The van der Waals surface area contributed by atoms with Crippen LogP contribution >= 0.6 is 0 Å². The van der Waals surface area contributed by atoms with Crippen molar-refractivity contribution < 1.29 is 45.2 Å². The van der Waals surface area contributed by atoms with Gasteiger partial charge < -0.3 is 0 Å². The van der Waals surface area contributed by atoms with Gasteiger partial charge in [-0.05, 0) is 0 Å². The van der Waals surface area contributed by atoms with Gasteiger partial charge in [-0.3, -0.25) is 18.8 Å². The first-order chi connectivity index (χ1) is 3.85. The minimum atomic E-state index is -5.56. The highest BCUT2D eigenvalue weighted by molar-refractivity contribution is 4.98. The van der Waals surface area contributed by atoms with Crippen LogP contribution in [0.15, 0.2) is 11.9 Å². The summed E-state index contributed by atoms with van der Waals surface area (Å²) in [5.74, 6) is -3.33. The van der Waals surface area contributed by atoms with Gasteiger partial charge >= 0.3 is 12.3 Å². The minimum absolute atomic E-state index is 0. The molecule has 13 heavy (non-hydrogen) atoms. The summed E-state index contributed by atoms with van der Waals surface area (Å²) in [6.07, 6.45) is -8.90. The molecular formula is C3H4F10. The van der Waals surface area contributed by atoms with E-state index in [1.165, 1.54) is 0 Å². The molecule has 0 spiro atoms. The number of hydrogen-bond donors (Lipinski definition) is 0. The predicted octanol–water partition coefficient (Wildman–Crippen LogP) is 3.24. The average molecular weight is 230 g/mol. The molecule has 0 aliphatic carbocycles. The van der Waals surface area contributed by atoms with Crippen LogP contribution in [0.1, 0.15) is 0 Å². The summed E-state index contributed by atoms with van der Waals surface area (Å²) in [5.41, 5.74) is 0. The van der Waals surface area contributed by atoms with Gasteiger partial charge in [-0.25, -0.2) is 0 Å². The van der Waals surface area contributed by atoms with Crippen LogP contribution in [0.4, 0.5) is 45.2 Å². The van der Waals surface area contributed by atoms with E-state index in [-0.39, 0.29) is 18.8 Å². The van der Waals surface area contributed by atoms with Gasteiger partial charge in [-0.1, -0.05) is 0 Å². The summed E-state index contributed by atoms with van der Waals surface area (Å²) in [7, 11) is 0. The molecule has 0 aliphatic rings. The van der Waals surface area contributed by atoms with Gasteiger partial charge in [0.15, 0.2) is 0 Å². The zero-order valence-electron chi connectivity index (χ0n) is 5.40. The smallest absolute Gasteiger partial charge is 0.269 e. The Labute approximate surface area is 64.7 Å². The second kappa shape index (κ2) is 9.13. The van der Waals surface area contributed by atoms with Crippen LogP contribution in [0.2, 0.25) is 0 Å². The van der Waals surface area contributed by atoms with E-state index in [4.69, 9.17) is 0 Å². The highest BCUT2D eigenvalue weighted by Gasteiger charge is 2.38. The third kappa shape index (κ3) is 11.0. The molecule has 86 valence electrons. The lowest BCUT2D eigenvalue weighted by atomic mass is 10.6. The fourth-order valence-corrected chi connectivity index (χ4v) is 0.107. The molecule has 0 N–H and O–H groups in total. The molecule has 0 saturated heterocycles. The molecule has 0 aromatic carbocycles. The summed E-state index contributed by atoms with van der Waals surface area (Å²) >= 11 is 0. The quantitative estimate of drug-likeness (QED) is 0.560. The summed E-state index contributed by atoms with van der Waals surface area (Å²) in [4.78, 5) is 0. The minimum Gasteiger partial charge on any atom is -0.269 e. The van der Waals surface area contributed by atoms with E-state index >= 15 is 0 Å². The third-order valence-corrected chi connectivity index (χ3v) is 0.415. The van der Waals surface area contributed by atoms with Crippen LogP contribution in [0.3, 0.4) is 0 Å². The van der Waals surface area contributed by atoms with Gasteiger partial charge in [0, 0.05) is 0 Å². The van der Waals surface area contributed by atoms with Gasteiger partial charge in [-0.15, -0.1) is 0 Å². The molecule has 0 bridgehead atoms.